The predicted molar refractivity (Wildman–Crippen MR) is 58.4 cm³/mol. The van der Waals surface area contributed by atoms with Crippen LogP contribution in [0.5, 0.6) is 5.75 Å². The monoisotopic (exact) mass is 197 g/mol. The Bertz CT molecular complexity index is 286. The topological polar surface area (TPSA) is 35.2 Å². The van der Waals surface area contributed by atoms with Gasteiger partial charge in [-0.3, -0.25) is 0 Å². The molecule has 0 spiro atoms. The lowest BCUT2D eigenvalue weighted by molar-refractivity contribution is 0.414. The molecular weight excluding hydrogens is 182 g/mol. The summed E-state index contributed by atoms with van der Waals surface area (Å²) in [5.74, 6) is 0.859. The van der Waals surface area contributed by atoms with E-state index in [1.165, 1.54) is 0 Å². The van der Waals surface area contributed by atoms with Crippen LogP contribution in [0.25, 0.3) is 0 Å². The smallest absolute Gasteiger partial charge is 0.120 e. The lowest BCUT2D eigenvalue weighted by atomic mass is 10.3. The van der Waals surface area contributed by atoms with E-state index in [9.17, 15) is 0 Å². The molecule has 1 aromatic rings. The van der Waals surface area contributed by atoms with E-state index in [4.69, 9.17) is 10.5 Å². The number of rotatable bonds is 3. The number of hydrogen-bond donors (Lipinski definition) is 1. The van der Waals surface area contributed by atoms with Crippen molar-refractivity contribution in [3.63, 3.8) is 0 Å². The molecule has 3 heteroatoms. The molecule has 72 valence electrons. The van der Waals surface area contributed by atoms with Gasteiger partial charge in [-0.2, -0.15) is 0 Å². The highest BCUT2D eigenvalue weighted by atomic mass is 32.2. The zero-order valence-electron chi connectivity index (χ0n) is 8.20. The fourth-order valence-corrected chi connectivity index (χ4v) is 1.89. The van der Waals surface area contributed by atoms with Gasteiger partial charge in [0.1, 0.15) is 5.75 Å². The van der Waals surface area contributed by atoms with Crippen molar-refractivity contribution in [3.8, 4) is 5.75 Å². The molecule has 0 amide bonds. The molecule has 1 aromatic carbocycles. The van der Waals surface area contributed by atoms with Crippen LogP contribution in [0, 0.1) is 0 Å². The molecule has 0 heterocycles. The van der Waals surface area contributed by atoms with Crippen molar-refractivity contribution < 1.29 is 4.74 Å². The van der Waals surface area contributed by atoms with E-state index in [0.717, 1.165) is 16.3 Å². The first-order valence-electron chi connectivity index (χ1n) is 4.23. The molecule has 0 saturated carbocycles. The molecule has 1 rings (SSSR count). The third kappa shape index (κ3) is 2.84. The third-order valence-electron chi connectivity index (χ3n) is 1.58. The molecule has 0 atom stereocenters. The van der Waals surface area contributed by atoms with Gasteiger partial charge in [-0.05, 0) is 18.2 Å². The molecule has 0 aromatic heterocycles. The summed E-state index contributed by atoms with van der Waals surface area (Å²) in [6.45, 7) is 4.28. The number of nitrogens with two attached hydrogens (primary N) is 1. The highest BCUT2D eigenvalue weighted by Gasteiger charge is 2.04. The number of methoxy groups -OCH3 is 1. The molecule has 0 fully saturated rings. The van der Waals surface area contributed by atoms with Gasteiger partial charge in [0.05, 0.1) is 7.11 Å². The number of ether oxygens (including phenoxy) is 1. The van der Waals surface area contributed by atoms with E-state index in [0.29, 0.717) is 5.25 Å². The average Bonchev–Trinajstić information content (AvgIpc) is 2.08. The summed E-state index contributed by atoms with van der Waals surface area (Å²) >= 11 is 1.75. The van der Waals surface area contributed by atoms with Crippen LogP contribution in [0.2, 0.25) is 0 Å². The summed E-state index contributed by atoms with van der Waals surface area (Å²) in [4.78, 5) is 1.09. The van der Waals surface area contributed by atoms with Gasteiger partial charge in [0.25, 0.3) is 0 Å². The van der Waals surface area contributed by atoms with E-state index in [1.54, 1.807) is 18.9 Å². The second kappa shape index (κ2) is 4.42. The molecule has 0 aliphatic heterocycles. The van der Waals surface area contributed by atoms with Crippen molar-refractivity contribution in [2.24, 2.45) is 0 Å². The van der Waals surface area contributed by atoms with Gasteiger partial charge in [-0.1, -0.05) is 13.8 Å². The number of hydrogen-bond acceptors (Lipinski definition) is 3. The summed E-state index contributed by atoms with van der Waals surface area (Å²) in [5.41, 5.74) is 6.64. The maximum Gasteiger partial charge on any atom is 0.120 e. The Kier molecular flexibility index (Phi) is 3.48. The van der Waals surface area contributed by atoms with Crippen LogP contribution >= 0.6 is 11.8 Å². The van der Waals surface area contributed by atoms with Gasteiger partial charge in [-0.25, -0.2) is 0 Å². The zero-order chi connectivity index (χ0) is 9.84. The van der Waals surface area contributed by atoms with Gasteiger partial charge in [0.15, 0.2) is 0 Å². The molecular formula is C10H15NOS. The van der Waals surface area contributed by atoms with Crippen LogP contribution in [0.15, 0.2) is 23.1 Å². The van der Waals surface area contributed by atoms with Crippen molar-refractivity contribution >= 4 is 17.4 Å². The summed E-state index contributed by atoms with van der Waals surface area (Å²) < 4.78 is 5.12. The van der Waals surface area contributed by atoms with Gasteiger partial charge in [0.2, 0.25) is 0 Å². The summed E-state index contributed by atoms with van der Waals surface area (Å²) in [6, 6.07) is 5.73. The predicted octanol–water partition coefficient (Wildman–Crippen LogP) is 2.78. The SMILES string of the molecule is COc1ccc(N)c(SC(C)C)c1. The first-order valence-corrected chi connectivity index (χ1v) is 5.11. The van der Waals surface area contributed by atoms with Crippen molar-refractivity contribution in [1.82, 2.24) is 0 Å². The number of thioether (sulfide) groups is 1. The lowest BCUT2D eigenvalue weighted by Gasteiger charge is -2.09. The van der Waals surface area contributed by atoms with Gasteiger partial charge in [0, 0.05) is 15.8 Å². The van der Waals surface area contributed by atoms with Crippen molar-refractivity contribution in [2.75, 3.05) is 12.8 Å². The molecule has 0 aliphatic carbocycles. The van der Waals surface area contributed by atoms with Crippen LogP contribution in [0.4, 0.5) is 5.69 Å². The van der Waals surface area contributed by atoms with E-state index in [2.05, 4.69) is 13.8 Å². The Morgan fingerprint density at radius 1 is 1.38 bits per heavy atom. The summed E-state index contributed by atoms with van der Waals surface area (Å²) in [6.07, 6.45) is 0. The first kappa shape index (κ1) is 10.3. The van der Waals surface area contributed by atoms with E-state index in [1.807, 2.05) is 18.2 Å². The second-order valence-corrected chi connectivity index (χ2v) is 4.69. The Labute approximate surface area is 83.5 Å². The Hall–Kier alpha value is -0.830. The highest BCUT2D eigenvalue weighted by Crippen LogP contribution is 2.31. The maximum atomic E-state index is 5.82. The number of benzene rings is 1. The van der Waals surface area contributed by atoms with Gasteiger partial charge < -0.3 is 10.5 Å². The lowest BCUT2D eigenvalue weighted by Crippen LogP contribution is -1.93. The quantitative estimate of drug-likeness (QED) is 0.598. The summed E-state index contributed by atoms with van der Waals surface area (Å²) in [7, 11) is 1.66. The Morgan fingerprint density at radius 3 is 2.62 bits per heavy atom. The fourth-order valence-electron chi connectivity index (χ4n) is 0.998. The normalized spacial score (nSPS) is 10.5. The molecule has 13 heavy (non-hydrogen) atoms. The van der Waals surface area contributed by atoms with Crippen molar-refractivity contribution in [3.05, 3.63) is 18.2 Å². The van der Waals surface area contributed by atoms with Crippen LogP contribution in [-0.2, 0) is 0 Å². The highest BCUT2D eigenvalue weighted by molar-refractivity contribution is 8.00. The van der Waals surface area contributed by atoms with Crippen LogP contribution in [-0.4, -0.2) is 12.4 Å². The second-order valence-electron chi connectivity index (χ2n) is 3.07. The minimum absolute atomic E-state index is 0.536. The van der Waals surface area contributed by atoms with E-state index >= 15 is 0 Å². The standard InChI is InChI=1S/C10H15NOS/c1-7(2)13-10-6-8(12-3)4-5-9(10)11/h4-7H,11H2,1-3H3. The fraction of sp³-hybridized carbons (Fsp3) is 0.400. The molecule has 0 bridgehead atoms. The van der Waals surface area contributed by atoms with Crippen LogP contribution in [0.3, 0.4) is 0 Å². The van der Waals surface area contributed by atoms with Crippen molar-refractivity contribution in [1.29, 1.82) is 0 Å². The molecule has 2 N–H and O–H groups in total. The molecule has 0 aliphatic rings. The molecule has 2 nitrogen and oxygen atoms in total. The summed E-state index contributed by atoms with van der Waals surface area (Å²) in [5, 5.41) is 0.536. The largest absolute Gasteiger partial charge is 0.497 e. The molecule has 0 unspecified atom stereocenters. The first-order chi connectivity index (χ1) is 6.13. The molecule has 0 saturated heterocycles. The minimum atomic E-state index is 0.536. The van der Waals surface area contributed by atoms with E-state index in [-0.39, 0.29) is 0 Å². The third-order valence-corrected chi connectivity index (χ3v) is 2.66. The van der Waals surface area contributed by atoms with E-state index < -0.39 is 0 Å². The van der Waals surface area contributed by atoms with Gasteiger partial charge >= 0.3 is 0 Å². The number of anilines is 1. The van der Waals surface area contributed by atoms with Crippen LogP contribution in [0.1, 0.15) is 13.8 Å². The van der Waals surface area contributed by atoms with Crippen LogP contribution < -0.4 is 10.5 Å². The number of nitrogen functional groups attached to an aromatic ring is 1. The Balaban J connectivity index is 2.90. The Morgan fingerprint density at radius 2 is 2.08 bits per heavy atom. The zero-order valence-corrected chi connectivity index (χ0v) is 9.02. The average molecular weight is 197 g/mol. The van der Waals surface area contributed by atoms with Gasteiger partial charge in [-0.15, -0.1) is 11.8 Å². The minimum Gasteiger partial charge on any atom is -0.497 e. The maximum absolute atomic E-state index is 5.82. The van der Waals surface area contributed by atoms with Crippen molar-refractivity contribution in [2.45, 2.75) is 24.0 Å². The molecule has 0 radical (unpaired) electrons.